The van der Waals surface area contributed by atoms with Crippen molar-refractivity contribution in [2.45, 2.75) is 20.3 Å². The Morgan fingerprint density at radius 3 is 2.67 bits per heavy atom. The van der Waals surface area contributed by atoms with Gasteiger partial charge in [-0.1, -0.05) is 25.1 Å². The van der Waals surface area contributed by atoms with Crippen LogP contribution in [0, 0.1) is 6.92 Å². The Balaban J connectivity index is 2.20. The van der Waals surface area contributed by atoms with Gasteiger partial charge in [0.1, 0.15) is 11.3 Å². The summed E-state index contributed by atoms with van der Waals surface area (Å²) in [5, 5.41) is 10.2. The lowest BCUT2D eigenvalue weighted by Gasteiger charge is -2.04. The number of aromatic carboxylic acids is 1. The Bertz CT molecular complexity index is 833. The van der Waals surface area contributed by atoms with Gasteiger partial charge in [-0.2, -0.15) is 0 Å². The van der Waals surface area contributed by atoms with E-state index in [2.05, 4.69) is 11.9 Å². The van der Waals surface area contributed by atoms with Crippen LogP contribution in [0.15, 0.2) is 40.8 Å². The summed E-state index contributed by atoms with van der Waals surface area (Å²) in [6.07, 6.45) is 0.827. The molecule has 0 fully saturated rings. The van der Waals surface area contributed by atoms with E-state index in [4.69, 9.17) is 9.52 Å². The Kier molecular flexibility index (Phi) is 3.22. The maximum absolute atomic E-state index is 11.1. The number of hydrogen-bond donors (Lipinski definition) is 1. The number of furan rings is 1. The normalized spacial score (nSPS) is 11.0. The van der Waals surface area contributed by atoms with Crippen molar-refractivity contribution >= 4 is 16.9 Å². The van der Waals surface area contributed by atoms with Crippen LogP contribution in [-0.4, -0.2) is 16.1 Å². The third kappa shape index (κ3) is 2.18. The first kappa shape index (κ1) is 13.4. The molecule has 0 bridgehead atoms. The molecule has 1 N–H and O–H groups in total. The average molecular weight is 281 g/mol. The van der Waals surface area contributed by atoms with Crippen LogP contribution in [0.25, 0.3) is 22.4 Å². The number of carbonyl (C=O) groups is 1. The Labute approximate surface area is 122 Å². The van der Waals surface area contributed by atoms with Gasteiger partial charge < -0.3 is 9.52 Å². The summed E-state index contributed by atoms with van der Waals surface area (Å²) in [6, 6.07) is 11.1. The van der Waals surface area contributed by atoms with Gasteiger partial charge in [-0.3, -0.25) is 0 Å². The second kappa shape index (κ2) is 5.05. The summed E-state index contributed by atoms with van der Waals surface area (Å²) in [5.74, 6) is -0.245. The van der Waals surface area contributed by atoms with Crippen molar-refractivity contribution in [1.29, 1.82) is 0 Å². The van der Waals surface area contributed by atoms with Gasteiger partial charge in [-0.25, -0.2) is 9.78 Å². The van der Waals surface area contributed by atoms with Crippen LogP contribution in [0.4, 0.5) is 0 Å². The number of aromatic nitrogens is 1. The number of benzene rings is 1. The molecule has 4 nitrogen and oxygen atoms in total. The lowest BCUT2D eigenvalue weighted by Crippen LogP contribution is -2.02. The zero-order valence-corrected chi connectivity index (χ0v) is 11.9. The number of aryl methyl sites for hydroxylation is 2. The number of hydrogen-bond acceptors (Lipinski definition) is 3. The number of rotatable bonds is 3. The van der Waals surface area contributed by atoms with Crippen LogP contribution in [-0.2, 0) is 6.42 Å². The van der Waals surface area contributed by atoms with Crippen molar-refractivity contribution < 1.29 is 14.3 Å². The lowest BCUT2D eigenvalue weighted by atomic mass is 10.1. The lowest BCUT2D eigenvalue weighted by molar-refractivity contribution is 0.0695. The Morgan fingerprint density at radius 1 is 1.24 bits per heavy atom. The number of nitrogens with zero attached hydrogens (tertiary/aromatic N) is 1. The van der Waals surface area contributed by atoms with E-state index in [1.807, 2.05) is 24.3 Å². The molecule has 2 aromatic heterocycles. The minimum Gasteiger partial charge on any atom is -0.478 e. The molecule has 0 saturated heterocycles. The highest BCUT2D eigenvalue weighted by atomic mass is 16.4. The molecule has 4 heteroatoms. The van der Waals surface area contributed by atoms with Gasteiger partial charge >= 0.3 is 5.97 Å². The number of carboxylic acids is 1. The maximum atomic E-state index is 11.1. The molecule has 2 heterocycles. The Hall–Kier alpha value is -2.62. The molecule has 0 aliphatic carbocycles. The minimum atomic E-state index is -0.966. The quantitative estimate of drug-likeness (QED) is 0.786. The highest BCUT2D eigenvalue weighted by Crippen LogP contribution is 2.33. The van der Waals surface area contributed by atoms with E-state index in [9.17, 15) is 4.79 Å². The first-order valence-electron chi connectivity index (χ1n) is 6.83. The fraction of sp³-hybridized carbons (Fsp3) is 0.176. The van der Waals surface area contributed by atoms with E-state index in [-0.39, 0.29) is 5.56 Å². The fourth-order valence-electron chi connectivity index (χ4n) is 2.57. The SMILES string of the molecule is CCc1c(-c2ccc(C(=O)O)c(C)n2)oc2ccccc12. The predicted molar refractivity (Wildman–Crippen MR) is 80.5 cm³/mol. The first-order valence-corrected chi connectivity index (χ1v) is 6.83. The molecule has 0 unspecified atom stereocenters. The smallest absolute Gasteiger partial charge is 0.337 e. The summed E-state index contributed by atoms with van der Waals surface area (Å²) in [4.78, 5) is 15.5. The number of para-hydroxylation sites is 1. The van der Waals surface area contributed by atoms with Crippen molar-refractivity contribution in [1.82, 2.24) is 4.98 Å². The fourth-order valence-corrected chi connectivity index (χ4v) is 2.57. The largest absolute Gasteiger partial charge is 0.478 e. The second-order valence-electron chi connectivity index (χ2n) is 4.89. The van der Waals surface area contributed by atoms with E-state index in [1.54, 1.807) is 19.1 Å². The van der Waals surface area contributed by atoms with Crippen molar-refractivity contribution in [2.75, 3.05) is 0 Å². The first-order chi connectivity index (χ1) is 10.1. The molecule has 0 spiro atoms. The number of carboxylic acid groups (broad SMARTS) is 1. The third-order valence-electron chi connectivity index (χ3n) is 3.60. The van der Waals surface area contributed by atoms with Gasteiger partial charge in [-0.15, -0.1) is 0 Å². The van der Waals surface area contributed by atoms with Crippen molar-refractivity contribution in [3.05, 3.63) is 53.2 Å². The minimum absolute atomic E-state index is 0.216. The van der Waals surface area contributed by atoms with Crippen LogP contribution in [0.1, 0.15) is 28.5 Å². The number of pyridine rings is 1. The van der Waals surface area contributed by atoms with E-state index in [1.165, 1.54) is 0 Å². The van der Waals surface area contributed by atoms with Crippen LogP contribution in [0.3, 0.4) is 0 Å². The van der Waals surface area contributed by atoms with E-state index < -0.39 is 5.97 Å². The van der Waals surface area contributed by atoms with E-state index in [0.717, 1.165) is 28.7 Å². The molecule has 0 amide bonds. The average Bonchev–Trinajstić information content (AvgIpc) is 2.85. The van der Waals surface area contributed by atoms with Gasteiger partial charge in [0, 0.05) is 10.9 Å². The second-order valence-corrected chi connectivity index (χ2v) is 4.89. The number of fused-ring (bicyclic) bond motifs is 1. The molecular weight excluding hydrogens is 266 g/mol. The van der Waals surface area contributed by atoms with Crippen molar-refractivity contribution in [3.63, 3.8) is 0 Å². The molecule has 106 valence electrons. The molecule has 21 heavy (non-hydrogen) atoms. The summed E-state index contributed by atoms with van der Waals surface area (Å²) in [6.45, 7) is 3.76. The van der Waals surface area contributed by atoms with E-state index >= 15 is 0 Å². The van der Waals surface area contributed by atoms with Gasteiger partial charge in [0.15, 0.2) is 5.76 Å². The van der Waals surface area contributed by atoms with Crippen molar-refractivity contribution in [2.24, 2.45) is 0 Å². The summed E-state index contributed by atoms with van der Waals surface area (Å²) in [7, 11) is 0. The topological polar surface area (TPSA) is 63.3 Å². The van der Waals surface area contributed by atoms with Gasteiger partial charge in [0.2, 0.25) is 0 Å². The molecule has 1 aromatic carbocycles. The maximum Gasteiger partial charge on any atom is 0.337 e. The van der Waals surface area contributed by atoms with Crippen molar-refractivity contribution in [3.8, 4) is 11.5 Å². The summed E-state index contributed by atoms with van der Waals surface area (Å²) >= 11 is 0. The zero-order chi connectivity index (χ0) is 15.0. The molecule has 0 aliphatic heterocycles. The van der Waals surface area contributed by atoms with Gasteiger partial charge in [0.25, 0.3) is 0 Å². The summed E-state index contributed by atoms with van der Waals surface area (Å²) in [5.41, 5.74) is 3.30. The van der Waals surface area contributed by atoms with E-state index in [0.29, 0.717) is 11.4 Å². The van der Waals surface area contributed by atoms with Gasteiger partial charge in [-0.05, 0) is 31.5 Å². The molecule has 3 aromatic rings. The Morgan fingerprint density at radius 2 is 2.00 bits per heavy atom. The molecular formula is C17H15NO3. The van der Waals surface area contributed by atoms with Crippen LogP contribution in [0.2, 0.25) is 0 Å². The third-order valence-corrected chi connectivity index (χ3v) is 3.60. The monoisotopic (exact) mass is 281 g/mol. The zero-order valence-electron chi connectivity index (χ0n) is 11.9. The molecule has 0 atom stereocenters. The molecule has 0 saturated carbocycles. The highest BCUT2D eigenvalue weighted by Gasteiger charge is 2.17. The predicted octanol–water partition coefficient (Wildman–Crippen LogP) is 4.06. The summed E-state index contributed by atoms with van der Waals surface area (Å²) < 4.78 is 5.92. The molecule has 3 rings (SSSR count). The molecule has 0 radical (unpaired) electrons. The van der Waals surface area contributed by atoms with Crippen LogP contribution < -0.4 is 0 Å². The van der Waals surface area contributed by atoms with Crippen LogP contribution >= 0.6 is 0 Å². The van der Waals surface area contributed by atoms with Crippen LogP contribution in [0.5, 0.6) is 0 Å². The standard InChI is InChI=1S/C17H15NO3/c1-3-11-13-6-4-5-7-15(13)21-16(11)14-9-8-12(17(19)20)10(2)18-14/h4-9H,3H2,1-2H3,(H,19,20). The molecule has 0 aliphatic rings. The van der Waals surface area contributed by atoms with Gasteiger partial charge in [0.05, 0.1) is 11.3 Å². The highest BCUT2D eigenvalue weighted by molar-refractivity contribution is 5.90.